The first-order valence-electron chi connectivity index (χ1n) is 14.0. The molecule has 3 N–H and O–H groups in total. The topological polar surface area (TPSA) is 101 Å². The largest absolute Gasteiger partial charge is 0.416 e. The third kappa shape index (κ3) is 6.57. The van der Waals surface area contributed by atoms with Crippen molar-refractivity contribution in [2.75, 3.05) is 44.3 Å². The Morgan fingerprint density at radius 1 is 1.07 bits per heavy atom. The first-order chi connectivity index (χ1) is 20.1. The molecule has 0 saturated carbocycles. The molecule has 0 spiro atoms. The Bertz CT molecular complexity index is 1420. The first kappa shape index (κ1) is 29.5. The normalized spacial score (nSPS) is 18.2. The van der Waals surface area contributed by atoms with Crippen LogP contribution in [0.5, 0.6) is 0 Å². The molecule has 2 fully saturated rings. The number of piperazine rings is 1. The Morgan fingerprint density at radius 3 is 2.45 bits per heavy atom. The molecule has 1 unspecified atom stereocenters. The standard InChI is InChI=1S/C31H34F3N5O3/c1-20(21-2-4-22(5-3-21)28-15-26(31(32,33)34)7-6-23(28)16-35)37-29(40)25-14-27(18-36-17-25)38-9-11-39(12-10-38)30(41)24-8-13-42-19-24/h2-7,14-15,17-18,20,24H,8-13,16,19,35H2,1H3,(H,37,40)/t20-,24?/m1/s1. The summed E-state index contributed by atoms with van der Waals surface area (Å²) >= 11 is 0. The van der Waals surface area contributed by atoms with Crippen molar-refractivity contribution in [3.63, 3.8) is 0 Å². The first-order valence-corrected chi connectivity index (χ1v) is 14.0. The van der Waals surface area contributed by atoms with Gasteiger partial charge in [-0.05, 0) is 53.8 Å². The molecule has 2 aliphatic rings. The van der Waals surface area contributed by atoms with E-state index in [2.05, 4.69) is 15.2 Å². The minimum Gasteiger partial charge on any atom is -0.381 e. The third-order valence-corrected chi connectivity index (χ3v) is 7.95. The molecular weight excluding hydrogens is 547 g/mol. The van der Waals surface area contributed by atoms with Gasteiger partial charge in [-0.2, -0.15) is 13.2 Å². The number of nitrogens with one attached hydrogen (secondary N) is 1. The number of carbonyl (C=O) groups is 2. The molecule has 5 rings (SSSR count). The molecule has 11 heteroatoms. The number of anilines is 1. The fraction of sp³-hybridized carbons (Fsp3) is 0.387. The van der Waals surface area contributed by atoms with Crippen LogP contribution in [-0.4, -0.2) is 61.1 Å². The monoisotopic (exact) mass is 581 g/mol. The number of amides is 2. The Kier molecular flexibility index (Phi) is 8.79. The summed E-state index contributed by atoms with van der Waals surface area (Å²) in [5.41, 5.74) is 8.72. The van der Waals surface area contributed by atoms with Crippen molar-refractivity contribution in [2.45, 2.75) is 32.1 Å². The predicted octanol–water partition coefficient (Wildman–Crippen LogP) is 4.40. The zero-order chi connectivity index (χ0) is 29.9. The van der Waals surface area contributed by atoms with Crippen LogP contribution in [-0.2, 0) is 22.3 Å². The number of halogens is 3. The van der Waals surface area contributed by atoms with Crippen molar-refractivity contribution in [3.05, 3.63) is 83.2 Å². The van der Waals surface area contributed by atoms with Crippen LogP contribution in [0.25, 0.3) is 11.1 Å². The van der Waals surface area contributed by atoms with E-state index in [0.29, 0.717) is 61.6 Å². The Labute approximate surface area is 242 Å². The van der Waals surface area contributed by atoms with Crippen LogP contribution in [0.3, 0.4) is 0 Å². The van der Waals surface area contributed by atoms with Crippen molar-refractivity contribution in [1.82, 2.24) is 15.2 Å². The summed E-state index contributed by atoms with van der Waals surface area (Å²) < 4.78 is 45.2. The zero-order valence-corrected chi connectivity index (χ0v) is 23.4. The number of nitrogens with two attached hydrogens (primary N) is 1. The van der Waals surface area contributed by atoms with E-state index in [1.165, 1.54) is 12.3 Å². The van der Waals surface area contributed by atoms with E-state index in [0.717, 1.165) is 29.8 Å². The number of carbonyl (C=O) groups excluding carboxylic acids is 2. The van der Waals surface area contributed by atoms with Gasteiger partial charge < -0.3 is 25.6 Å². The summed E-state index contributed by atoms with van der Waals surface area (Å²) in [4.78, 5) is 34.1. The molecule has 2 atom stereocenters. The Morgan fingerprint density at radius 2 is 1.81 bits per heavy atom. The molecule has 0 bridgehead atoms. The summed E-state index contributed by atoms with van der Waals surface area (Å²) in [6, 6.07) is 12.0. The quantitative estimate of drug-likeness (QED) is 0.429. The van der Waals surface area contributed by atoms with Crippen molar-refractivity contribution >= 4 is 17.5 Å². The van der Waals surface area contributed by atoms with Crippen LogP contribution in [0.15, 0.2) is 60.9 Å². The van der Waals surface area contributed by atoms with Crippen LogP contribution >= 0.6 is 0 Å². The number of rotatable bonds is 7. The number of hydrogen-bond donors (Lipinski definition) is 2. The summed E-state index contributed by atoms with van der Waals surface area (Å²) in [7, 11) is 0. The van der Waals surface area contributed by atoms with Crippen LogP contribution in [0, 0.1) is 5.92 Å². The molecule has 1 aromatic heterocycles. The van der Waals surface area contributed by atoms with E-state index in [-0.39, 0.29) is 30.3 Å². The molecule has 3 heterocycles. The molecule has 2 saturated heterocycles. The van der Waals surface area contributed by atoms with Crippen LogP contribution in [0.2, 0.25) is 0 Å². The second kappa shape index (κ2) is 12.5. The zero-order valence-electron chi connectivity index (χ0n) is 23.4. The second-order valence-corrected chi connectivity index (χ2v) is 10.7. The maximum absolute atomic E-state index is 13.3. The van der Waals surface area contributed by atoms with Crippen molar-refractivity contribution < 1.29 is 27.5 Å². The van der Waals surface area contributed by atoms with E-state index in [1.807, 2.05) is 11.8 Å². The Hall–Kier alpha value is -3.96. The van der Waals surface area contributed by atoms with Gasteiger partial charge in [0.05, 0.1) is 41.6 Å². The van der Waals surface area contributed by atoms with Gasteiger partial charge in [0.2, 0.25) is 5.91 Å². The second-order valence-electron chi connectivity index (χ2n) is 10.7. The highest BCUT2D eigenvalue weighted by molar-refractivity contribution is 5.95. The lowest BCUT2D eigenvalue weighted by atomic mass is 9.95. The molecule has 2 aromatic carbocycles. The minimum atomic E-state index is -4.45. The summed E-state index contributed by atoms with van der Waals surface area (Å²) in [6.45, 7) is 5.57. The van der Waals surface area contributed by atoms with Crippen LogP contribution in [0.4, 0.5) is 18.9 Å². The van der Waals surface area contributed by atoms with E-state index >= 15 is 0 Å². The maximum Gasteiger partial charge on any atom is 0.416 e. The smallest absolute Gasteiger partial charge is 0.381 e. The number of ether oxygens (including phenoxy) is 1. The van der Waals surface area contributed by atoms with E-state index in [4.69, 9.17) is 10.5 Å². The lowest BCUT2D eigenvalue weighted by Gasteiger charge is -2.37. The third-order valence-electron chi connectivity index (χ3n) is 7.95. The molecule has 222 valence electrons. The molecule has 42 heavy (non-hydrogen) atoms. The van der Waals surface area contributed by atoms with Gasteiger partial charge in [-0.15, -0.1) is 0 Å². The van der Waals surface area contributed by atoms with Gasteiger partial charge in [0.15, 0.2) is 0 Å². The fourth-order valence-electron chi connectivity index (χ4n) is 5.41. The van der Waals surface area contributed by atoms with Crippen LogP contribution in [0.1, 0.15) is 46.4 Å². The highest BCUT2D eigenvalue weighted by Gasteiger charge is 2.32. The van der Waals surface area contributed by atoms with E-state index < -0.39 is 11.7 Å². The summed E-state index contributed by atoms with van der Waals surface area (Å²) in [5, 5.41) is 2.98. The Balaban J connectivity index is 1.21. The average Bonchev–Trinajstić information content (AvgIpc) is 3.55. The van der Waals surface area contributed by atoms with Gasteiger partial charge in [0.1, 0.15) is 0 Å². The molecule has 3 aromatic rings. The average molecular weight is 582 g/mol. The molecule has 0 radical (unpaired) electrons. The molecule has 0 aliphatic carbocycles. The van der Waals surface area contributed by atoms with Gasteiger partial charge in [-0.25, -0.2) is 0 Å². The number of aromatic nitrogens is 1. The summed E-state index contributed by atoms with van der Waals surface area (Å²) in [5.74, 6) is -0.193. The number of hydrogen-bond acceptors (Lipinski definition) is 6. The van der Waals surface area contributed by atoms with Crippen molar-refractivity contribution in [3.8, 4) is 11.1 Å². The van der Waals surface area contributed by atoms with Crippen molar-refractivity contribution in [2.24, 2.45) is 11.7 Å². The lowest BCUT2D eigenvalue weighted by molar-refractivity contribution is -0.137. The number of pyridine rings is 1. The van der Waals surface area contributed by atoms with Crippen molar-refractivity contribution in [1.29, 1.82) is 0 Å². The molecule has 8 nitrogen and oxygen atoms in total. The highest BCUT2D eigenvalue weighted by Crippen LogP contribution is 2.34. The van der Waals surface area contributed by atoms with E-state index in [1.54, 1.807) is 36.5 Å². The molecule has 2 aliphatic heterocycles. The van der Waals surface area contributed by atoms with Gasteiger partial charge in [0, 0.05) is 45.5 Å². The number of nitrogens with zero attached hydrogens (tertiary/aromatic N) is 3. The molecule has 2 amide bonds. The van der Waals surface area contributed by atoms with Crippen LogP contribution < -0.4 is 16.0 Å². The SMILES string of the molecule is C[C@@H](NC(=O)c1cncc(N2CCN(C(=O)C3CCOC3)CC2)c1)c1ccc(-c2cc(C(F)(F)F)ccc2CN)cc1. The van der Waals surface area contributed by atoms with Gasteiger partial charge >= 0.3 is 6.18 Å². The van der Waals surface area contributed by atoms with E-state index in [9.17, 15) is 22.8 Å². The fourth-order valence-corrected chi connectivity index (χ4v) is 5.41. The maximum atomic E-state index is 13.3. The minimum absolute atomic E-state index is 0.0487. The number of benzene rings is 2. The van der Waals surface area contributed by atoms with Gasteiger partial charge in [-0.1, -0.05) is 30.3 Å². The van der Waals surface area contributed by atoms with Gasteiger partial charge in [-0.3, -0.25) is 14.6 Å². The highest BCUT2D eigenvalue weighted by atomic mass is 19.4. The summed E-state index contributed by atoms with van der Waals surface area (Å²) in [6.07, 6.45) is -0.458. The van der Waals surface area contributed by atoms with Gasteiger partial charge in [0.25, 0.3) is 5.91 Å². The molecular formula is C31H34F3N5O3. The lowest BCUT2D eigenvalue weighted by Crippen LogP contribution is -2.50. The predicted molar refractivity (Wildman–Crippen MR) is 153 cm³/mol. The number of alkyl halides is 3.